The molecule has 6 heteroatoms. The molecule has 0 amide bonds. The molecule has 4 rings (SSSR count). The molecule has 1 aromatic heterocycles. The number of likely N-dealkylation sites (tertiary alicyclic amines) is 1. The topological polar surface area (TPSA) is 60.6 Å². The van der Waals surface area contributed by atoms with Gasteiger partial charge < -0.3 is 14.0 Å². The maximum absolute atomic E-state index is 6.05. The zero-order valence-corrected chi connectivity index (χ0v) is 14.5. The van der Waals surface area contributed by atoms with Crippen LogP contribution in [-0.4, -0.2) is 40.8 Å². The number of aromatic nitrogens is 2. The van der Waals surface area contributed by atoms with Gasteiger partial charge in [0, 0.05) is 19.7 Å². The van der Waals surface area contributed by atoms with Gasteiger partial charge >= 0.3 is 0 Å². The van der Waals surface area contributed by atoms with Crippen LogP contribution in [0.4, 0.5) is 0 Å². The number of rotatable bonds is 6. The van der Waals surface area contributed by atoms with Crippen LogP contribution in [0, 0.1) is 0 Å². The third-order valence-corrected chi connectivity index (χ3v) is 4.92. The summed E-state index contributed by atoms with van der Waals surface area (Å²) in [5.74, 6) is 1.39. The first-order valence-electron chi connectivity index (χ1n) is 9.19. The lowest BCUT2D eigenvalue weighted by Crippen LogP contribution is -2.36. The fraction of sp³-hybridized carbons (Fsp3) is 0.579. The molecular weight excluding hydrogens is 318 g/mol. The number of benzene rings is 1. The van der Waals surface area contributed by atoms with Crippen molar-refractivity contribution in [3.8, 4) is 0 Å². The van der Waals surface area contributed by atoms with Crippen LogP contribution in [0.1, 0.15) is 49.1 Å². The molecule has 2 fully saturated rings. The molecule has 0 aliphatic carbocycles. The highest BCUT2D eigenvalue weighted by molar-refractivity contribution is 5.13. The Labute approximate surface area is 148 Å². The smallest absolute Gasteiger partial charge is 0.255 e. The van der Waals surface area contributed by atoms with Crippen molar-refractivity contribution in [2.75, 3.05) is 19.7 Å². The number of piperidine rings is 1. The summed E-state index contributed by atoms with van der Waals surface area (Å²) < 4.78 is 17.0. The summed E-state index contributed by atoms with van der Waals surface area (Å²) in [5, 5.41) is 4.11. The van der Waals surface area contributed by atoms with Gasteiger partial charge in [0.15, 0.2) is 5.82 Å². The molecule has 2 aliphatic rings. The third-order valence-electron chi connectivity index (χ3n) is 4.92. The number of hydrogen-bond acceptors (Lipinski definition) is 6. The van der Waals surface area contributed by atoms with Crippen molar-refractivity contribution in [1.29, 1.82) is 0 Å². The van der Waals surface area contributed by atoms with Gasteiger partial charge in [0.05, 0.1) is 19.3 Å². The van der Waals surface area contributed by atoms with Crippen LogP contribution in [0.15, 0.2) is 34.9 Å². The van der Waals surface area contributed by atoms with Gasteiger partial charge in [0.2, 0.25) is 0 Å². The zero-order chi connectivity index (χ0) is 16.9. The standard InChI is InChI=1S/C19H25N3O3/c1-2-5-15(6-3-1)14-24-16-8-10-22(11-9-16)13-18-20-19(25-21-18)17-7-4-12-23-17/h1-3,5-6,16-17H,4,7-14H2/t17-/m1/s1. The first-order valence-corrected chi connectivity index (χ1v) is 9.19. The molecule has 6 nitrogen and oxygen atoms in total. The highest BCUT2D eigenvalue weighted by atomic mass is 16.5. The van der Waals surface area contributed by atoms with E-state index in [9.17, 15) is 0 Å². The Bertz CT molecular complexity index is 647. The molecule has 0 spiro atoms. The van der Waals surface area contributed by atoms with E-state index in [1.165, 1.54) is 5.56 Å². The summed E-state index contributed by atoms with van der Waals surface area (Å²) in [5.41, 5.74) is 1.23. The van der Waals surface area contributed by atoms with E-state index >= 15 is 0 Å². The number of nitrogens with zero attached hydrogens (tertiary/aromatic N) is 3. The van der Waals surface area contributed by atoms with Crippen molar-refractivity contribution in [2.24, 2.45) is 0 Å². The molecule has 3 heterocycles. The molecule has 1 aromatic carbocycles. The third kappa shape index (κ3) is 4.45. The Morgan fingerprint density at radius 3 is 2.72 bits per heavy atom. The second-order valence-corrected chi connectivity index (χ2v) is 6.82. The number of hydrogen-bond donors (Lipinski definition) is 0. The van der Waals surface area contributed by atoms with E-state index < -0.39 is 0 Å². The molecule has 0 saturated carbocycles. The fourth-order valence-corrected chi connectivity index (χ4v) is 3.46. The fourth-order valence-electron chi connectivity index (χ4n) is 3.46. The van der Waals surface area contributed by atoms with Gasteiger partial charge in [0.1, 0.15) is 6.10 Å². The van der Waals surface area contributed by atoms with E-state index in [-0.39, 0.29) is 6.10 Å². The summed E-state index contributed by atoms with van der Waals surface area (Å²) in [7, 11) is 0. The van der Waals surface area contributed by atoms with Gasteiger partial charge in [-0.1, -0.05) is 35.5 Å². The first kappa shape index (κ1) is 16.7. The molecule has 2 saturated heterocycles. The highest BCUT2D eigenvalue weighted by Gasteiger charge is 2.25. The summed E-state index contributed by atoms with van der Waals surface area (Å²) in [6.45, 7) is 4.23. The van der Waals surface area contributed by atoms with E-state index in [1.807, 2.05) is 6.07 Å². The predicted octanol–water partition coefficient (Wildman–Crippen LogP) is 3.10. The lowest BCUT2D eigenvalue weighted by atomic mass is 10.1. The number of ether oxygens (including phenoxy) is 2. The minimum Gasteiger partial charge on any atom is -0.373 e. The summed E-state index contributed by atoms with van der Waals surface area (Å²) in [6.07, 6.45) is 4.47. The highest BCUT2D eigenvalue weighted by Crippen LogP contribution is 2.27. The first-order chi connectivity index (χ1) is 12.4. The Morgan fingerprint density at radius 2 is 1.96 bits per heavy atom. The van der Waals surface area contributed by atoms with Gasteiger partial charge in [-0.3, -0.25) is 4.90 Å². The quantitative estimate of drug-likeness (QED) is 0.803. The monoisotopic (exact) mass is 343 g/mol. The van der Waals surface area contributed by atoms with E-state index in [2.05, 4.69) is 39.3 Å². The van der Waals surface area contributed by atoms with E-state index in [4.69, 9.17) is 14.0 Å². The molecule has 134 valence electrons. The lowest BCUT2D eigenvalue weighted by molar-refractivity contribution is -0.00446. The van der Waals surface area contributed by atoms with Crippen molar-refractivity contribution in [3.05, 3.63) is 47.6 Å². The van der Waals surface area contributed by atoms with Gasteiger partial charge in [-0.05, 0) is 31.2 Å². The average Bonchev–Trinajstić information content (AvgIpc) is 3.34. The Kier molecular flexibility index (Phi) is 5.40. The van der Waals surface area contributed by atoms with Crippen LogP contribution >= 0.6 is 0 Å². The van der Waals surface area contributed by atoms with Crippen LogP contribution in [0.5, 0.6) is 0 Å². The van der Waals surface area contributed by atoms with Crippen LogP contribution in [0.3, 0.4) is 0 Å². The van der Waals surface area contributed by atoms with Crippen molar-refractivity contribution in [1.82, 2.24) is 15.0 Å². The van der Waals surface area contributed by atoms with Gasteiger partial charge in [0.25, 0.3) is 5.89 Å². The summed E-state index contributed by atoms with van der Waals surface area (Å²) >= 11 is 0. The Morgan fingerprint density at radius 1 is 1.12 bits per heavy atom. The van der Waals surface area contributed by atoms with Crippen LogP contribution in [0.2, 0.25) is 0 Å². The lowest BCUT2D eigenvalue weighted by Gasteiger charge is -2.31. The molecule has 1 atom stereocenters. The maximum Gasteiger partial charge on any atom is 0.255 e. The van der Waals surface area contributed by atoms with Crippen molar-refractivity contribution in [2.45, 2.75) is 51.0 Å². The predicted molar refractivity (Wildman–Crippen MR) is 91.8 cm³/mol. The largest absolute Gasteiger partial charge is 0.373 e. The zero-order valence-electron chi connectivity index (χ0n) is 14.5. The Balaban J connectivity index is 1.21. The normalized spacial score (nSPS) is 22.5. The average molecular weight is 343 g/mol. The van der Waals surface area contributed by atoms with Gasteiger partial charge in [-0.25, -0.2) is 0 Å². The van der Waals surface area contributed by atoms with E-state index in [1.54, 1.807) is 0 Å². The summed E-state index contributed by atoms with van der Waals surface area (Å²) in [6, 6.07) is 10.4. The van der Waals surface area contributed by atoms with Crippen molar-refractivity contribution in [3.63, 3.8) is 0 Å². The minimum absolute atomic E-state index is 0.00151. The molecule has 0 unspecified atom stereocenters. The van der Waals surface area contributed by atoms with Crippen LogP contribution in [0.25, 0.3) is 0 Å². The molecule has 0 radical (unpaired) electrons. The van der Waals surface area contributed by atoms with Crippen LogP contribution in [-0.2, 0) is 22.6 Å². The van der Waals surface area contributed by atoms with Crippen molar-refractivity contribution >= 4 is 0 Å². The maximum atomic E-state index is 6.05. The molecular formula is C19H25N3O3. The molecule has 0 bridgehead atoms. The SMILES string of the molecule is c1ccc(COC2CCN(Cc3noc([C@H]4CCCO4)n3)CC2)cc1. The van der Waals surface area contributed by atoms with Gasteiger partial charge in [-0.15, -0.1) is 0 Å². The second kappa shape index (κ2) is 8.08. The summed E-state index contributed by atoms with van der Waals surface area (Å²) in [4.78, 5) is 6.87. The molecule has 25 heavy (non-hydrogen) atoms. The van der Waals surface area contributed by atoms with E-state index in [0.29, 0.717) is 18.6 Å². The van der Waals surface area contributed by atoms with Crippen LogP contribution < -0.4 is 0 Å². The van der Waals surface area contributed by atoms with Crippen molar-refractivity contribution < 1.29 is 14.0 Å². The Hall–Kier alpha value is -1.76. The second-order valence-electron chi connectivity index (χ2n) is 6.82. The molecule has 2 aliphatic heterocycles. The van der Waals surface area contributed by atoms with Gasteiger partial charge in [-0.2, -0.15) is 4.98 Å². The minimum atomic E-state index is -0.00151. The van der Waals surface area contributed by atoms with E-state index in [0.717, 1.165) is 57.7 Å². The molecule has 0 N–H and O–H groups in total. The molecule has 2 aromatic rings.